The number of carboxylic acids is 1. The summed E-state index contributed by atoms with van der Waals surface area (Å²) < 4.78 is 0. The van der Waals surface area contributed by atoms with Gasteiger partial charge in [0.15, 0.2) is 5.82 Å². The second-order valence-corrected chi connectivity index (χ2v) is 8.18. The van der Waals surface area contributed by atoms with E-state index in [0.717, 1.165) is 5.56 Å². The number of carboxylic acid groups (broad SMARTS) is 1. The van der Waals surface area contributed by atoms with Crippen LogP contribution in [0.5, 0.6) is 0 Å². The normalized spacial score (nSPS) is 15.1. The number of amides is 3. The maximum Gasteiger partial charge on any atom is 0.303 e. The van der Waals surface area contributed by atoms with Gasteiger partial charge in [0.2, 0.25) is 11.8 Å². The molecule has 2 aromatic heterocycles. The first-order chi connectivity index (χ1) is 17.4. The number of nitrogens with one attached hydrogen (secondary N) is 3. The molecule has 0 saturated carbocycles. The monoisotopic (exact) mass is 492 g/mol. The van der Waals surface area contributed by atoms with Gasteiger partial charge in [-0.1, -0.05) is 41.6 Å². The number of fused-ring (bicyclic) bond motifs is 1. The van der Waals surface area contributed by atoms with Crippen LogP contribution >= 0.6 is 0 Å². The number of aromatic nitrogens is 5. The minimum Gasteiger partial charge on any atom is -0.481 e. The van der Waals surface area contributed by atoms with Gasteiger partial charge in [0.05, 0.1) is 13.0 Å². The number of rotatable bonds is 10. The van der Waals surface area contributed by atoms with Gasteiger partial charge < -0.3 is 15.7 Å². The smallest absolute Gasteiger partial charge is 0.303 e. The maximum absolute atomic E-state index is 13.7. The largest absolute Gasteiger partial charge is 0.481 e. The average Bonchev–Trinajstić information content (AvgIpc) is 3.53. The number of anilines is 1. The summed E-state index contributed by atoms with van der Waals surface area (Å²) in [6.45, 7) is -0.00606. The highest BCUT2D eigenvalue weighted by Gasteiger charge is 2.42. The Morgan fingerprint density at radius 3 is 2.67 bits per heavy atom. The van der Waals surface area contributed by atoms with Crippen molar-refractivity contribution in [2.75, 3.05) is 4.90 Å². The van der Waals surface area contributed by atoms with Crippen molar-refractivity contribution in [2.45, 2.75) is 44.3 Å². The van der Waals surface area contributed by atoms with Crippen LogP contribution in [0.3, 0.4) is 0 Å². The highest BCUT2D eigenvalue weighted by atomic mass is 16.4. The molecule has 0 fully saturated rings. The first-order valence-corrected chi connectivity index (χ1v) is 11.2. The molecule has 13 nitrogen and oxygen atoms in total. The Bertz CT molecular complexity index is 1230. The summed E-state index contributed by atoms with van der Waals surface area (Å²) in [5, 5.41) is 27.8. The lowest BCUT2D eigenvalue weighted by atomic mass is 10.1. The number of pyridine rings is 1. The van der Waals surface area contributed by atoms with Crippen molar-refractivity contribution in [2.24, 2.45) is 0 Å². The number of aliphatic carboxylic acids is 1. The molecule has 1 aromatic carbocycles. The molecule has 186 valence electrons. The van der Waals surface area contributed by atoms with Crippen LogP contribution in [-0.2, 0) is 38.6 Å². The summed E-state index contributed by atoms with van der Waals surface area (Å²) in [6.07, 6.45) is 1.22. The molecule has 2 atom stereocenters. The Labute approximate surface area is 205 Å². The van der Waals surface area contributed by atoms with E-state index in [9.17, 15) is 24.3 Å². The number of aromatic amines is 1. The number of carbonyl (C=O) groups is 4. The molecule has 36 heavy (non-hydrogen) atoms. The van der Waals surface area contributed by atoms with E-state index in [4.69, 9.17) is 0 Å². The molecule has 1 unspecified atom stereocenters. The van der Waals surface area contributed by atoms with Crippen LogP contribution < -0.4 is 15.5 Å². The lowest BCUT2D eigenvalue weighted by Gasteiger charge is -2.28. The van der Waals surface area contributed by atoms with Crippen LogP contribution in [-0.4, -0.2) is 66.5 Å². The van der Waals surface area contributed by atoms with Gasteiger partial charge in [-0.3, -0.25) is 24.1 Å². The van der Waals surface area contributed by atoms with Gasteiger partial charge in [-0.25, -0.2) is 4.98 Å². The molecule has 0 aliphatic carbocycles. The minimum absolute atomic E-state index is 0.00606. The van der Waals surface area contributed by atoms with Crippen molar-refractivity contribution >= 4 is 29.5 Å². The molecular weight excluding hydrogens is 468 g/mol. The van der Waals surface area contributed by atoms with Crippen LogP contribution in [0.2, 0.25) is 0 Å². The molecule has 3 aromatic rings. The van der Waals surface area contributed by atoms with Crippen molar-refractivity contribution in [3.05, 3.63) is 65.6 Å². The molecule has 4 N–H and O–H groups in total. The second kappa shape index (κ2) is 11.2. The Morgan fingerprint density at radius 2 is 1.94 bits per heavy atom. The quantitative estimate of drug-likeness (QED) is 0.297. The van der Waals surface area contributed by atoms with Crippen molar-refractivity contribution in [3.63, 3.8) is 0 Å². The predicted octanol–water partition coefficient (Wildman–Crippen LogP) is -0.239. The second-order valence-electron chi connectivity index (χ2n) is 8.18. The van der Waals surface area contributed by atoms with Crippen LogP contribution in [0, 0.1) is 0 Å². The molecule has 4 rings (SSSR count). The van der Waals surface area contributed by atoms with E-state index >= 15 is 0 Å². The fraction of sp³-hybridized carbons (Fsp3) is 0.304. The summed E-state index contributed by atoms with van der Waals surface area (Å²) in [4.78, 5) is 56.3. The molecule has 1 aliphatic rings. The minimum atomic E-state index is -1.17. The standard InChI is InChI=1S/C23H24N8O5/c32-19(11-14-5-2-1-3-6-14)26-16(8-9-20(33)34)23(36)31-17(12-15-7-4-10-24-21(15)31)22(35)25-13-18-27-29-30-28-18/h1-7,10,16-17H,8-9,11-13H2,(H,25,35)(H,26,32)(H,33,34)(H,27,28,29,30)/t16?,17-/m0/s1. The van der Waals surface area contributed by atoms with E-state index in [1.807, 2.05) is 6.07 Å². The summed E-state index contributed by atoms with van der Waals surface area (Å²) in [7, 11) is 0. The van der Waals surface area contributed by atoms with E-state index in [1.165, 1.54) is 11.1 Å². The fourth-order valence-corrected chi connectivity index (χ4v) is 3.98. The van der Waals surface area contributed by atoms with E-state index in [2.05, 4.69) is 36.2 Å². The van der Waals surface area contributed by atoms with Gasteiger partial charge in [-0.05, 0) is 23.6 Å². The molecule has 0 bridgehead atoms. The Balaban J connectivity index is 1.55. The van der Waals surface area contributed by atoms with Gasteiger partial charge in [0.1, 0.15) is 17.9 Å². The van der Waals surface area contributed by atoms with E-state index in [0.29, 0.717) is 11.4 Å². The third kappa shape index (κ3) is 5.87. The number of tetrazole rings is 1. The Hall–Kier alpha value is -4.68. The summed E-state index contributed by atoms with van der Waals surface area (Å²) in [6, 6.07) is 10.3. The summed E-state index contributed by atoms with van der Waals surface area (Å²) >= 11 is 0. The van der Waals surface area contributed by atoms with E-state index in [1.54, 1.807) is 36.4 Å². The van der Waals surface area contributed by atoms with Gasteiger partial charge in [-0.2, -0.15) is 5.21 Å². The van der Waals surface area contributed by atoms with Gasteiger partial charge in [0, 0.05) is 19.0 Å². The zero-order valence-electron chi connectivity index (χ0n) is 19.1. The summed E-state index contributed by atoms with van der Waals surface area (Å²) in [5.41, 5.74) is 1.42. The predicted molar refractivity (Wildman–Crippen MR) is 124 cm³/mol. The molecule has 3 heterocycles. The van der Waals surface area contributed by atoms with Crippen LogP contribution in [0.15, 0.2) is 48.7 Å². The van der Waals surface area contributed by atoms with Crippen LogP contribution in [0.25, 0.3) is 0 Å². The highest BCUT2D eigenvalue weighted by Crippen LogP contribution is 2.31. The first kappa shape index (κ1) is 24.4. The van der Waals surface area contributed by atoms with Crippen molar-refractivity contribution < 1.29 is 24.3 Å². The molecule has 0 radical (unpaired) electrons. The molecule has 13 heteroatoms. The number of benzene rings is 1. The average molecular weight is 492 g/mol. The zero-order valence-corrected chi connectivity index (χ0v) is 19.1. The van der Waals surface area contributed by atoms with Gasteiger partial charge in [0.25, 0.3) is 5.91 Å². The third-order valence-electron chi connectivity index (χ3n) is 5.66. The van der Waals surface area contributed by atoms with Crippen molar-refractivity contribution in [1.29, 1.82) is 0 Å². The van der Waals surface area contributed by atoms with Crippen LogP contribution in [0.1, 0.15) is 29.8 Å². The molecule has 1 aliphatic heterocycles. The Kier molecular flexibility index (Phi) is 7.58. The number of hydrogen-bond acceptors (Lipinski definition) is 8. The lowest BCUT2D eigenvalue weighted by Crippen LogP contribution is -2.55. The molecular formula is C23H24N8O5. The lowest BCUT2D eigenvalue weighted by molar-refractivity contribution is -0.138. The number of nitrogens with zero attached hydrogens (tertiary/aromatic N) is 5. The van der Waals surface area contributed by atoms with E-state index in [-0.39, 0.29) is 38.1 Å². The fourth-order valence-electron chi connectivity index (χ4n) is 3.98. The first-order valence-electron chi connectivity index (χ1n) is 11.2. The zero-order chi connectivity index (χ0) is 25.5. The topological polar surface area (TPSA) is 183 Å². The highest BCUT2D eigenvalue weighted by molar-refractivity contribution is 6.06. The molecule has 0 spiro atoms. The number of carbonyl (C=O) groups excluding carboxylic acids is 3. The van der Waals surface area contributed by atoms with Crippen molar-refractivity contribution in [3.8, 4) is 0 Å². The van der Waals surface area contributed by atoms with E-state index < -0.39 is 35.8 Å². The van der Waals surface area contributed by atoms with Crippen LogP contribution in [0.4, 0.5) is 5.82 Å². The number of hydrogen-bond donors (Lipinski definition) is 4. The molecule has 3 amide bonds. The third-order valence-corrected chi connectivity index (χ3v) is 5.66. The Morgan fingerprint density at radius 1 is 1.14 bits per heavy atom. The maximum atomic E-state index is 13.7. The SMILES string of the molecule is O=C(O)CCC(NC(=O)Cc1ccccc1)C(=O)N1c2ncccc2C[C@H]1C(=O)NCc1nn[nH]n1. The summed E-state index contributed by atoms with van der Waals surface area (Å²) in [5.74, 6) is -2.08. The van der Waals surface area contributed by atoms with Gasteiger partial charge >= 0.3 is 5.97 Å². The number of H-pyrrole nitrogens is 1. The molecule has 0 saturated heterocycles. The van der Waals surface area contributed by atoms with Gasteiger partial charge in [-0.15, -0.1) is 10.2 Å². The van der Waals surface area contributed by atoms with Crippen molar-refractivity contribution in [1.82, 2.24) is 36.2 Å².